The summed E-state index contributed by atoms with van der Waals surface area (Å²) >= 11 is 0. The summed E-state index contributed by atoms with van der Waals surface area (Å²) in [5.41, 5.74) is 1.43. The number of carbonyl (C=O) groups is 1. The Morgan fingerprint density at radius 2 is 2.33 bits per heavy atom. The van der Waals surface area contributed by atoms with Crippen LogP contribution in [-0.2, 0) is 0 Å². The van der Waals surface area contributed by atoms with Gasteiger partial charge in [0.15, 0.2) is 0 Å². The number of fused-ring (bicyclic) bond motifs is 1. The van der Waals surface area contributed by atoms with Crippen molar-refractivity contribution in [2.75, 3.05) is 0 Å². The minimum absolute atomic E-state index is 0.0518. The number of benzene rings is 1. The maximum absolute atomic E-state index is 11.1. The number of nitrogens with one attached hydrogen (secondary N) is 1. The highest BCUT2D eigenvalue weighted by Gasteiger charge is 2.17. The summed E-state index contributed by atoms with van der Waals surface area (Å²) in [4.78, 5) is 22.9. The molecule has 0 aliphatic carbocycles. The number of hydrogen-bond donors (Lipinski definition) is 2. The van der Waals surface area contributed by atoms with E-state index in [1.165, 1.54) is 0 Å². The van der Waals surface area contributed by atoms with Crippen LogP contribution in [0.1, 0.15) is 28.6 Å². The molecule has 1 aliphatic rings. The summed E-state index contributed by atoms with van der Waals surface area (Å²) in [7, 11) is 0. The predicted molar refractivity (Wildman–Crippen MR) is 68.0 cm³/mol. The molecular weight excluding hydrogens is 230 g/mol. The van der Waals surface area contributed by atoms with Gasteiger partial charge in [0.1, 0.15) is 17.4 Å². The number of rotatable bonds is 2. The highest BCUT2D eigenvalue weighted by atomic mass is 16.4. The summed E-state index contributed by atoms with van der Waals surface area (Å²) in [5, 5.41) is 9.11. The molecule has 3 rings (SSSR count). The molecule has 1 unspecified atom stereocenters. The van der Waals surface area contributed by atoms with E-state index in [0.29, 0.717) is 11.3 Å². The number of aromatic nitrogens is 2. The van der Waals surface area contributed by atoms with Crippen LogP contribution in [0.3, 0.4) is 0 Å². The first-order valence-electron chi connectivity index (χ1n) is 5.66. The molecule has 2 aromatic rings. The number of aromatic carboxylic acids is 1. The number of nitrogens with zero attached hydrogens (tertiary/aromatic N) is 2. The minimum atomic E-state index is -0.967. The molecule has 1 aliphatic heterocycles. The number of imidazole rings is 1. The lowest BCUT2D eigenvalue weighted by atomic mass is 10.1. The Labute approximate surface area is 103 Å². The smallest absolute Gasteiger partial charge is 0.337 e. The molecule has 2 N–H and O–H groups in total. The summed E-state index contributed by atoms with van der Waals surface area (Å²) < 4.78 is 0. The van der Waals surface area contributed by atoms with Gasteiger partial charge in [0.05, 0.1) is 11.1 Å². The third kappa shape index (κ3) is 1.69. The summed E-state index contributed by atoms with van der Waals surface area (Å²) in [6.07, 6.45) is 6.42. The Morgan fingerprint density at radius 3 is 3.06 bits per heavy atom. The number of allylic oxidation sites excluding steroid dienone is 1. The number of aromatic amines is 1. The van der Waals surface area contributed by atoms with Crippen LogP contribution in [0.5, 0.6) is 0 Å². The first-order chi connectivity index (χ1) is 8.75. The number of H-pyrrole nitrogens is 1. The van der Waals surface area contributed by atoms with Crippen molar-refractivity contribution in [1.29, 1.82) is 0 Å². The lowest BCUT2D eigenvalue weighted by molar-refractivity contribution is 0.0699. The zero-order valence-corrected chi connectivity index (χ0v) is 9.50. The number of carboxylic acids is 1. The van der Waals surface area contributed by atoms with Gasteiger partial charge in [-0.1, -0.05) is 12.1 Å². The van der Waals surface area contributed by atoms with E-state index in [4.69, 9.17) is 5.11 Å². The quantitative estimate of drug-likeness (QED) is 0.846. The minimum Gasteiger partial charge on any atom is -0.478 e. The molecule has 0 saturated carbocycles. The Balaban J connectivity index is 2.11. The molecule has 1 aromatic heterocycles. The fourth-order valence-electron chi connectivity index (χ4n) is 2.05. The van der Waals surface area contributed by atoms with Crippen LogP contribution in [0.4, 0.5) is 0 Å². The van der Waals surface area contributed by atoms with E-state index in [1.807, 2.05) is 18.2 Å². The lowest BCUT2D eigenvalue weighted by Gasteiger charge is -2.08. The van der Waals surface area contributed by atoms with Gasteiger partial charge in [-0.2, -0.15) is 0 Å². The van der Waals surface area contributed by atoms with Gasteiger partial charge in [-0.15, -0.1) is 0 Å². The van der Waals surface area contributed by atoms with Crippen molar-refractivity contribution in [2.24, 2.45) is 4.99 Å². The Bertz CT molecular complexity index is 670. The molecule has 0 amide bonds. The molecule has 0 fully saturated rings. The second-order valence-electron chi connectivity index (χ2n) is 4.11. The zero-order chi connectivity index (χ0) is 12.5. The second kappa shape index (κ2) is 4.10. The molecule has 0 saturated heterocycles. The van der Waals surface area contributed by atoms with E-state index < -0.39 is 5.97 Å². The Kier molecular flexibility index (Phi) is 2.44. The third-order valence-corrected chi connectivity index (χ3v) is 2.92. The van der Waals surface area contributed by atoms with Crippen molar-refractivity contribution in [3.05, 3.63) is 41.7 Å². The van der Waals surface area contributed by atoms with Gasteiger partial charge in [-0.25, -0.2) is 9.78 Å². The number of dihydropyridines is 1. The number of carboxylic acid groups (broad SMARTS) is 1. The van der Waals surface area contributed by atoms with Crippen LogP contribution in [-0.4, -0.2) is 27.3 Å². The predicted octanol–water partition coefficient (Wildman–Crippen LogP) is 2.33. The van der Waals surface area contributed by atoms with Gasteiger partial charge in [-0.3, -0.25) is 4.99 Å². The van der Waals surface area contributed by atoms with Crippen molar-refractivity contribution in [2.45, 2.75) is 12.5 Å². The van der Waals surface area contributed by atoms with Crippen LogP contribution in [0.2, 0.25) is 0 Å². The number of para-hydroxylation sites is 1. The fraction of sp³-hybridized carbons (Fsp3) is 0.154. The van der Waals surface area contributed by atoms with Gasteiger partial charge in [0.25, 0.3) is 0 Å². The van der Waals surface area contributed by atoms with Crippen LogP contribution in [0.15, 0.2) is 35.3 Å². The lowest BCUT2D eigenvalue weighted by Crippen LogP contribution is -2.00. The molecular formula is C13H11N3O2. The molecule has 1 atom stereocenters. The van der Waals surface area contributed by atoms with Gasteiger partial charge in [-0.05, 0) is 24.6 Å². The molecule has 18 heavy (non-hydrogen) atoms. The van der Waals surface area contributed by atoms with Crippen LogP contribution in [0.25, 0.3) is 11.0 Å². The Morgan fingerprint density at radius 1 is 1.44 bits per heavy atom. The van der Waals surface area contributed by atoms with E-state index in [-0.39, 0.29) is 11.6 Å². The molecule has 0 radical (unpaired) electrons. The zero-order valence-electron chi connectivity index (χ0n) is 9.50. The molecule has 0 spiro atoms. The number of hydrogen-bond acceptors (Lipinski definition) is 3. The van der Waals surface area contributed by atoms with Crippen molar-refractivity contribution >= 4 is 23.2 Å². The van der Waals surface area contributed by atoms with Crippen LogP contribution in [0, 0.1) is 0 Å². The van der Waals surface area contributed by atoms with E-state index in [1.54, 1.807) is 18.3 Å². The molecule has 1 aromatic carbocycles. The van der Waals surface area contributed by atoms with Crippen LogP contribution < -0.4 is 0 Å². The van der Waals surface area contributed by atoms with E-state index in [2.05, 4.69) is 15.0 Å². The molecule has 5 nitrogen and oxygen atoms in total. The van der Waals surface area contributed by atoms with Crippen LogP contribution >= 0.6 is 0 Å². The summed E-state index contributed by atoms with van der Waals surface area (Å²) in [6.45, 7) is 0. The largest absolute Gasteiger partial charge is 0.478 e. The second-order valence-corrected chi connectivity index (χ2v) is 4.11. The molecule has 0 bridgehead atoms. The number of aliphatic imine (C=N–C) groups is 1. The van der Waals surface area contributed by atoms with Crippen molar-refractivity contribution in [1.82, 2.24) is 9.97 Å². The van der Waals surface area contributed by atoms with Gasteiger partial charge >= 0.3 is 5.97 Å². The van der Waals surface area contributed by atoms with Crippen molar-refractivity contribution in [3.8, 4) is 0 Å². The van der Waals surface area contributed by atoms with E-state index >= 15 is 0 Å². The Hall–Kier alpha value is -2.43. The highest BCUT2D eigenvalue weighted by Crippen LogP contribution is 2.25. The van der Waals surface area contributed by atoms with Gasteiger partial charge in [0, 0.05) is 6.21 Å². The highest BCUT2D eigenvalue weighted by molar-refractivity contribution is 6.00. The third-order valence-electron chi connectivity index (χ3n) is 2.92. The maximum Gasteiger partial charge on any atom is 0.337 e. The maximum atomic E-state index is 11.1. The average molecular weight is 241 g/mol. The fourth-order valence-corrected chi connectivity index (χ4v) is 2.05. The standard InChI is InChI=1S/C13H11N3O2/c17-13(18)8-4-3-6-9-11(8)16-12(15-9)10-5-1-2-7-14-10/h1-4,6-7,10H,5H2,(H,15,16)(H,17,18). The average Bonchev–Trinajstić information content (AvgIpc) is 2.83. The van der Waals surface area contributed by atoms with Crippen molar-refractivity contribution < 1.29 is 9.90 Å². The first-order valence-corrected chi connectivity index (χ1v) is 5.66. The van der Waals surface area contributed by atoms with Gasteiger partial charge in [0.2, 0.25) is 0 Å². The molecule has 90 valence electrons. The normalized spacial score (nSPS) is 18.3. The summed E-state index contributed by atoms with van der Waals surface area (Å²) in [5.74, 6) is -0.259. The monoisotopic (exact) mass is 241 g/mol. The first kappa shape index (κ1) is 10.7. The van der Waals surface area contributed by atoms with E-state index in [9.17, 15) is 4.79 Å². The SMILES string of the molecule is O=C(O)c1cccc2[nH]c(C3CC=CC=N3)nc12. The summed E-state index contributed by atoms with van der Waals surface area (Å²) in [6, 6.07) is 5.03. The van der Waals surface area contributed by atoms with Crippen molar-refractivity contribution in [3.63, 3.8) is 0 Å². The molecule has 5 heteroatoms. The molecule has 2 heterocycles. The van der Waals surface area contributed by atoms with Gasteiger partial charge < -0.3 is 10.1 Å². The topological polar surface area (TPSA) is 78.3 Å². The van der Waals surface area contributed by atoms with E-state index in [0.717, 1.165) is 11.9 Å².